The highest BCUT2D eigenvalue weighted by Crippen LogP contribution is 2.21. The summed E-state index contributed by atoms with van der Waals surface area (Å²) in [5.74, 6) is -1.12. The molecule has 2 rings (SSSR count). The Hall–Kier alpha value is -2.52. The Kier molecular flexibility index (Phi) is 4.15. The molecular weight excluding hydrogens is 296 g/mol. The summed E-state index contributed by atoms with van der Waals surface area (Å²) in [6.07, 6.45) is 1.07. The zero-order valence-corrected chi connectivity index (χ0v) is 11.4. The van der Waals surface area contributed by atoms with Crippen LogP contribution in [0.5, 0.6) is 0 Å². The molecule has 0 bridgehead atoms. The molecule has 0 aliphatic carbocycles. The molecule has 2 aromatic rings. The van der Waals surface area contributed by atoms with Gasteiger partial charge in [0.2, 0.25) is 9.84 Å². The third kappa shape index (κ3) is 3.33. The van der Waals surface area contributed by atoms with Gasteiger partial charge in [0.05, 0.1) is 4.90 Å². The highest BCUT2D eigenvalue weighted by molar-refractivity contribution is 7.95. The molecule has 0 amide bonds. The van der Waals surface area contributed by atoms with E-state index in [4.69, 9.17) is 5.26 Å². The zero-order chi connectivity index (χ0) is 15.5. The molecule has 21 heavy (non-hydrogen) atoms. The van der Waals surface area contributed by atoms with Crippen LogP contribution in [0.25, 0.3) is 6.08 Å². The second-order valence-electron chi connectivity index (χ2n) is 4.13. The second kappa shape index (κ2) is 5.85. The lowest BCUT2D eigenvalue weighted by molar-refractivity contribution is 0.601. The van der Waals surface area contributed by atoms with Crippen molar-refractivity contribution in [3.05, 3.63) is 70.6 Å². The smallest absolute Gasteiger partial charge is 0.216 e. The van der Waals surface area contributed by atoms with Crippen molar-refractivity contribution in [1.29, 1.82) is 5.26 Å². The minimum Gasteiger partial charge on any atom is -0.218 e. The Balaban J connectivity index is 2.50. The van der Waals surface area contributed by atoms with E-state index < -0.39 is 26.4 Å². The van der Waals surface area contributed by atoms with Crippen LogP contribution in [0.2, 0.25) is 0 Å². The van der Waals surface area contributed by atoms with E-state index in [-0.39, 0.29) is 10.5 Å². The van der Waals surface area contributed by atoms with Gasteiger partial charge in [-0.3, -0.25) is 0 Å². The summed E-state index contributed by atoms with van der Waals surface area (Å²) in [6, 6.07) is 10.9. The minimum atomic E-state index is -4.07. The van der Waals surface area contributed by atoms with Crippen LogP contribution in [-0.2, 0) is 9.84 Å². The lowest BCUT2D eigenvalue weighted by Gasteiger charge is -2.03. The third-order valence-electron chi connectivity index (χ3n) is 2.67. The highest BCUT2D eigenvalue weighted by atomic mass is 32.2. The lowest BCUT2D eigenvalue weighted by Crippen LogP contribution is -2.03. The Morgan fingerprint density at radius 2 is 1.71 bits per heavy atom. The van der Waals surface area contributed by atoms with Gasteiger partial charge in [0.15, 0.2) is 0 Å². The molecule has 2 aromatic carbocycles. The normalized spacial score (nSPS) is 12.0. The first kappa shape index (κ1) is 14.9. The van der Waals surface area contributed by atoms with Gasteiger partial charge >= 0.3 is 0 Å². The molecule has 3 nitrogen and oxygen atoms in total. The van der Waals surface area contributed by atoms with E-state index in [9.17, 15) is 17.2 Å². The Bertz CT molecular complexity index is 835. The van der Waals surface area contributed by atoms with E-state index in [2.05, 4.69) is 0 Å². The van der Waals surface area contributed by atoms with Gasteiger partial charge in [-0.05, 0) is 48.0 Å². The van der Waals surface area contributed by atoms with E-state index in [0.717, 1.165) is 36.4 Å². The van der Waals surface area contributed by atoms with Crippen molar-refractivity contribution in [2.24, 2.45) is 0 Å². The number of halogens is 2. The first-order valence-electron chi connectivity index (χ1n) is 5.81. The molecule has 0 N–H and O–H groups in total. The van der Waals surface area contributed by atoms with Gasteiger partial charge in [-0.2, -0.15) is 5.26 Å². The zero-order valence-electron chi connectivity index (χ0n) is 10.6. The number of nitrogens with zero attached hydrogens (tertiary/aromatic N) is 1. The molecule has 0 heterocycles. The largest absolute Gasteiger partial charge is 0.218 e. The van der Waals surface area contributed by atoms with Gasteiger partial charge < -0.3 is 0 Å². The summed E-state index contributed by atoms with van der Waals surface area (Å²) < 4.78 is 50.4. The SMILES string of the molecule is N#CC(=Cc1cccc(F)c1)S(=O)(=O)c1ccc(F)cc1. The molecule has 0 aromatic heterocycles. The minimum absolute atomic E-state index is 0.201. The molecule has 0 radical (unpaired) electrons. The van der Waals surface area contributed by atoms with Crippen LogP contribution in [0.1, 0.15) is 5.56 Å². The standard InChI is InChI=1S/C15H9F2NO2S/c16-12-4-6-14(7-5-12)21(19,20)15(10-18)9-11-2-1-3-13(17)8-11/h1-9H. The van der Waals surface area contributed by atoms with Gasteiger partial charge in [0.25, 0.3) is 0 Å². The molecule has 0 spiro atoms. The fraction of sp³-hybridized carbons (Fsp3) is 0. The predicted molar refractivity (Wildman–Crippen MR) is 73.6 cm³/mol. The quantitative estimate of drug-likeness (QED) is 0.646. The number of sulfone groups is 1. The molecule has 6 heteroatoms. The summed E-state index contributed by atoms with van der Waals surface area (Å²) in [4.78, 5) is -0.743. The molecule has 0 atom stereocenters. The van der Waals surface area contributed by atoms with Crippen LogP contribution in [-0.4, -0.2) is 8.42 Å². The van der Waals surface area contributed by atoms with Crippen molar-refractivity contribution >= 4 is 15.9 Å². The monoisotopic (exact) mass is 305 g/mol. The molecule has 0 aliphatic heterocycles. The van der Waals surface area contributed by atoms with E-state index >= 15 is 0 Å². The van der Waals surface area contributed by atoms with E-state index in [1.807, 2.05) is 0 Å². The van der Waals surface area contributed by atoms with Crippen LogP contribution in [0, 0.1) is 23.0 Å². The van der Waals surface area contributed by atoms with Gasteiger partial charge in [-0.25, -0.2) is 17.2 Å². The summed E-state index contributed by atoms with van der Waals surface area (Å²) in [5.41, 5.74) is 0.247. The van der Waals surface area contributed by atoms with E-state index in [1.54, 1.807) is 6.07 Å². The van der Waals surface area contributed by atoms with Crippen LogP contribution in [0.3, 0.4) is 0 Å². The Morgan fingerprint density at radius 3 is 2.29 bits per heavy atom. The van der Waals surface area contributed by atoms with Crippen LogP contribution < -0.4 is 0 Å². The third-order valence-corrected chi connectivity index (χ3v) is 4.35. The summed E-state index contributed by atoms with van der Waals surface area (Å²) >= 11 is 0. The Morgan fingerprint density at radius 1 is 1.05 bits per heavy atom. The van der Waals surface area contributed by atoms with Gasteiger partial charge in [0, 0.05) is 0 Å². The molecule has 0 saturated heterocycles. The van der Waals surface area contributed by atoms with Crippen molar-refractivity contribution in [2.75, 3.05) is 0 Å². The second-order valence-corrected chi connectivity index (χ2v) is 6.05. The lowest BCUT2D eigenvalue weighted by atomic mass is 10.2. The molecule has 0 unspecified atom stereocenters. The van der Waals surface area contributed by atoms with Crippen molar-refractivity contribution < 1.29 is 17.2 Å². The van der Waals surface area contributed by atoms with Crippen LogP contribution >= 0.6 is 0 Å². The van der Waals surface area contributed by atoms with Crippen molar-refractivity contribution in [3.63, 3.8) is 0 Å². The first-order valence-corrected chi connectivity index (χ1v) is 7.30. The van der Waals surface area contributed by atoms with Crippen molar-refractivity contribution in [1.82, 2.24) is 0 Å². The topological polar surface area (TPSA) is 57.9 Å². The predicted octanol–water partition coefficient (Wildman–Crippen LogP) is 3.30. The molecule has 106 valence electrons. The number of allylic oxidation sites excluding steroid dienone is 1. The van der Waals surface area contributed by atoms with Gasteiger partial charge in [-0.15, -0.1) is 0 Å². The highest BCUT2D eigenvalue weighted by Gasteiger charge is 2.20. The fourth-order valence-corrected chi connectivity index (χ4v) is 2.82. The summed E-state index contributed by atoms with van der Waals surface area (Å²) in [5, 5.41) is 9.04. The maximum Gasteiger partial charge on any atom is 0.216 e. The number of hydrogen-bond acceptors (Lipinski definition) is 3. The van der Waals surface area contributed by atoms with E-state index in [0.29, 0.717) is 0 Å². The van der Waals surface area contributed by atoms with Gasteiger partial charge in [0.1, 0.15) is 22.6 Å². The fourth-order valence-electron chi connectivity index (χ4n) is 1.66. The van der Waals surface area contributed by atoms with Crippen molar-refractivity contribution in [3.8, 4) is 6.07 Å². The number of rotatable bonds is 3. The summed E-state index contributed by atoms with van der Waals surface area (Å²) in [7, 11) is -4.07. The number of hydrogen-bond donors (Lipinski definition) is 0. The van der Waals surface area contributed by atoms with Gasteiger partial charge in [-0.1, -0.05) is 12.1 Å². The van der Waals surface area contributed by atoms with Crippen molar-refractivity contribution in [2.45, 2.75) is 4.90 Å². The molecule has 0 saturated carbocycles. The maximum atomic E-state index is 13.1. The average Bonchev–Trinajstić information content (AvgIpc) is 2.45. The Labute approximate surface area is 120 Å². The summed E-state index contributed by atoms with van der Waals surface area (Å²) in [6.45, 7) is 0. The number of benzene rings is 2. The molecular formula is C15H9F2NO2S. The molecule has 0 aliphatic rings. The average molecular weight is 305 g/mol. The molecule has 0 fully saturated rings. The van der Waals surface area contributed by atoms with Crippen LogP contribution in [0.15, 0.2) is 58.3 Å². The van der Waals surface area contributed by atoms with Crippen LogP contribution in [0.4, 0.5) is 8.78 Å². The number of nitriles is 1. The van der Waals surface area contributed by atoms with E-state index in [1.165, 1.54) is 18.2 Å². The first-order chi connectivity index (χ1) is 9.93. The maximum absolute atomic E-state index is 13.1.